The normalized spacial score (nSPS) is 22.2. The third-order valence-corrected chi connectivity index (χ3v) is 5.97. The first kappa shape index (κ1) is 13.6. The molecule has 20 heavy (non-hydrogen) atoms. The van der Waals surface area contributed by atoms with Crippen molar-refractivity contribution in [2.75, 3.05) is 12.0 Å². The zero-order valence-corrected chi connectivity index (χ0v) is 12.8. The first-order valence-electron chi connectivity index (χ1n) is 6.54. The van der Waals surface area contributed by atoms with Gasteiger partial charge in [0.1, 0.15) is 9.71 Å². The second-order valence-corrected chi connectivity index (χ2v) is 6.96. The predicted molar refractivity (Wildman–Crippen MR) is 84.2 cm³/mol. The molecule has 1 saturated carbocycles. The van der Waals surface area contributed by atoms with E-state index >= 15 is 0 Å². The lowest BCUT2D eigenvalue weighted by atomic mass is 10.2. The van der Waals surface area contributed by atoms with E-state index in [9.17, 15) is 4.79 Å². The van der Waals surface area contributed by atoms with Crippen molar-refractivity contribution in [3.63, 3.8) is 0 Å². The lowest BCUT2D eigenvalue weighted by molar-refractivity contribution is 0.0943. The molecule has 7 heteroatoms. The molecule has 0 bridgehead atoms. The molecule has 2 aromatic heterocycles. The number of nitrogens with one attached hydrogen (secondary N) is 1. The van der Waals surface area contributed by atoms with E-state index in [1.54, 1.807) is 12.3 Å². The van der Waals surface area contributed by atoms with Gasteiger partial charge in [0.2, 0.25) is 0 Å². The number of aromatic nitrogens is 2. The molecule has 0 aromatic carbocycles. The van der Waals surface area contributed by atoms with Gasteiger partial charge in [-0.1, -0.05) is 6.42 Å². The Morgan fingerprint density at radius 3 is 3.15 bits per heavy atom. The maximum atomic E-state index is 12.4. The molecule has 0 aliphatic heterocycles. The zero-order valence-electron chi connectivity index (χ0n) is 11.1. The average molecular weight is 308 g/mol. The van der Waals surface area contributed by atoms with Crippen LogP contribution in [0.1, 0.15) is 28.9 Å². The molecule has 1 aliphatic carbocycles. The van der Waals surface area contributed by atoms with Crippen LogP contribution in [0.4, 0.5) is 5.69 Å². The first-order valence-corrected chi connectivity index (χ1v) is 8.64. The number of amides is 1. The molecule has 3 N–H and O–H groups in total. The van der Waals surface area contributed by atoms with Gasteiger partial charge < -0.3 is 11.1 Å². The Bertz CT molecular complexity index is 642. The van der Waals surface area contributed by atoms with E-state index < -0.39 is 0 Å². The molecule has 1 aliphatic rings. The summed E-state index contributed by atoms with van der Waals surface area (Å²) >= 11 is 3.13. The van der Waals surface area contributed by atoms with Crippen LogP contribution in [-0.2, 0) is 0 Å². The zero-order chi connectivity index (χ0) is 14.1. The Balaban J connectivity index is 1.84. The lowest BCUT2D eigenvalue weighted by Gasteiger charge is -2.18. The van der Waals surface area contributed by atoms with Crippen LogP contribution in [0.25, 0.3) is 10.2 Å². The summed E-state index contributed by atoms with van der Waals surface area (Å²) in [4.78, 5) is 13.7. The Hall–Kier alpha value is -1.34. The monoisotopic (exact) mass is 308 g/mol. The summed E-state index contributed by atoms with van der Waals surface area (Å²) in [5.41, 5.74) is 6.57. The van der Waals surface area contributed by atoms with Crippen LogP contribution in [-0.4, -0.2) is 33.7 Å². The van der Waals surface area contributed by atoms with Gasteiger partial charge in [0.25, 0.3) is 5.91 Å². The van der Waals surface area contributed by atoms with Gasteiger partial charge in [-0.2, -0.15) is 16.9 Å². The van der Waals surface area contributed by atoms with Crippen molar-refractivity contribution in [1.82, 2.24) is 15.5 Å². The van der Waals surface area contributed by atoms with E-state index in [0.29, 0.717) is 20.6 Å². The van der Waals surface area contributed by atoms with E-state index in [1.807, 2.05) is 11.8 Å². The van der Waals surface area contributed by atoms with E-state index in [0.717, 1.165) is 11.8 Å². The standard InChI is InChI=1S/C13H16N4OS2/c1-19-9-4-2-3-8(9)16-12(18)11-10(14)7-5-6-15-17-13(7)20-11/h5-6,8-9H,2-4,14H2,1H3,(H,16,18). The van der Waals surface area contributed by atoms with Gasteiger partial charge in [0.15, 0.2) is 0 Å². The van der Waals surface area contributed by atoms with Crippen LogP contribution in [0.5, 0.6) is 0 Å². The molecular weight excluding hydrogens is 292 g/mol. The van der Waals surface area contributed by atoms with Crippen LogP contribution in [0, 0.1) is 0 Å². The highest BCUT2D eigenvalue weighted by atomic mass is 32.2. The molecule has 0 radical (unpaired) electrons. The van der Waals surface area contributed by atoms with Gasteiger partial charge in [-0.05, 0) is 25.2 Å². The summed E-state index contributed by atoms with van der Waals surface area (Å²) in [6.45, 7) is 0. The summed E-state index contributed by atoms with van der Waals surface area (Å²) in [6.07, 6.45) is 7.07. The van der Waals surface area contributed by atoms with Gasteiger partial charge >= 0.3 is 0 Å². The largest absolute Gasteiger partial charge is 0.397 e. The minimum atomic E-state index is -0.0866. The molecule has 2 heterocycles. The molecule has 1 amide bonds. The fourth-order valence-electron chi connectivity index (χ4n) is 2.65. The summed E-state index contributed by atoms with van der Waals surface area (Å²) < 4.78 is 0. The van der Waals surface area contributed by atoms with Crippen molar-refractivity contribution in [2.45, 2.75) is 30.6 Å². The summed E-state index contributed by atoms with van der Waals surface area (Å²) in [5.74, 6) is -0.0866. The van der Waals surface area contributed by atoms with Crippen LogP contribution < -0.4 is 11.1 Å². The second kappa shape index (κ2) is 5.57. The van der Waals surface area contributed by atoms with Crippen LogP contribution >= 0.6 is 23.1 Å². The number of anilines is 1. The molecule has 106 valence electrons. The van der Waals surface area contributed by atoms with Crippen LogP contribution in [0.3, 0.4) is 0 Å². The van der Waals surface area contributed by atoms with E-state index in [1.165, 1.54) is 24.2 Å². The Morgan fingerprint density at radius 1 is 1.55 bits per heavy atom. The number of thioether (sulfide) groups is 1. The van der Waals surface area contributed by atoms with Gasteiger partial charge in [0, 0.05) is 16.7 Å². The number of fused-ring (bicyclic) bond motifs is 1. The number of carbonyl (C=O) groups is 1. The van der Waals surface area contributed by atoms with Crippen molar-refractivity contribution in [2.24, 2.45) is 0 Å². The van der Waals surface area contributed by atoms with Crippen molar-refractivity contribution in [3.8, 4) is 0 Å². The molecule has 2 unspecified atom stereocenters. The van der Waals surface area contributed by atoms with Gasteiger partial charge in [-0.15, -0.1) is 16.4 Å². The maximum absolute atomic E-state index is 12.4. The summed E-state index contributed by atoms with van der Waals surface area (Å²) in [6, 6.07) is 2.04. The SMILES string of the molecule is CSC1CCCC1NC(=O)c1sc2nnccc2c1N. The van der Waals surface area contributed by atoms with Crippen molar-refractivity contribution in [3.05, 3.63) is 17.1 Å². The highest BCUT2D eigenvalue weighted by Gasteiger charge is 2.29. The Kier molecular flexibility index (Phi) is 3.80. The Labute approximate surface area is 125 Å². The summed E-state index contributed by atoms with van der Waals surface area (Å²) in [7, 11) is 0. The van der Waals surface area contributed by atoms with E-state index in [2.05, 4.69) is 21.8 Å². The fraction of sp³-hybridized carbons (Fsp3) is 0.462. The quantitative estimate of drug-likeness (QED) is 0.909. The van der Waals surface area contributed by atoms with Crippen molar-refractivity contribution >= 4 is 44.9 Å². The third kappa shape index (κ3) is 2.35. The van der Waals surface area contributed by atoms with Crippen LogP contribution in [0.15, 0.2) is 12.3 Å². The number of nitrogens with two attached hydrogens (primary N) is 1. The number of rotatable bonds is 3. The minimum absolute atomic E-state index is 0.0866. The van der Waals surface area contributed by atoms with E-state index in [4.69, 9.17) is 5.73 Å². The maximum Gasteiger partial charge on any atom is 0.263 e. The first-order chi connectivity index (χ1) is 9.70. The number of nitrogen functional groups attached to an aromatic ring is 1. The van der Waals surface area contributed by atoms with Crippen LogP contribution in [0.2, 0.25) is 0 Å². The third-order valence-electron chi connectivity index (χ3n) is 3.70. The topological polar surface area (TPSA) is 80.9 Å². The molecule has 0 spiro atoms. The Morgan fingerprint density at radius 2 is 2.40 bits per heavy atom. The fourth-order valence-corrected chi connectivity index (χ4v) is 4.52. The molecular formula is C13H16N4OS2. The van der Waals surface area contributed by atoms with Gasteiger partial charge in [-0.25, -0.2) is 0 Å². The number of hydrogen-bond donors (Lipinski definition) is 2. The van der Waals surface area contributed by atoms with Crippen molar-refractivity contribution < 1.29 is 4.79 Å². The van der Waals surface area contributed by atoms with Gasteiger partial charge in [-0.3, -0.25) is 4.79 Å². The minimum Gasteiger partial charge on any atom is -0.397 e. The number of hydrogen-bond acceptors (Lipinski definition) is 6. The molecule has 2 aromatic rings. The predicted octanol–water partition coefficient (Wildman–Crippen LogP) is 2.29. The average Bonchev–Trinajstić information content (AvgIpc) is 3.04. The lowest BCUT2D eigenvalue weighted by Crippen LogP contribution is -2.38. The molecule has 2 atom stereocenters. The summed E-state index contributed by atoms with van der Waals surface area (Å²) in [5, 5.41) is 12.3. The molecule has 1 fully saturated rings. The van der Waals surface area contributed by atoms with E-state index in [-0.39, 0.29) is 11.9 Å². The van der Waals surface area contributed by atoms with Crippen molar-refractivity contribution in [1.29, 1.82) is 0 Å². The second-order valence-electron chi connectivity index (χ2n) is 4.88. The number of nitrogens with zero attached hydrogens (tertiary/aromatic N) is 2. The highest BCUT2D eigenvalue weighted by molar-refractivity contribution is 7.99. The smallest absolute Gasteiger partial charge is 0.263 e. The number of thiophene rings is 1. The molecule has 3 rings (SSSR count). The van der Waals surface area contributed by atoms with Gasteiger partial charge in [0.05, 0.1) is 11.9 Å². The highest BCUT2D eigenvalue weighted by Crippen LogP contribution is 2.33. The molecule has 0 saturated heterocycles. The molecule has 5 nitrogen and oxygen atoms in total. The number of carbonyl (C=O) groups excluding carboxylic acids is 1.